The summed E-state index contributed by atoms with van der Waals surface area (Å²) in [7, 11) is 3.69. The maximum atomic E-state index is 14.4. The number of hydrogen-bond donors (Lipinski definition) is 6. The third-order valence-electron chi connectivity index (χ3n) is 13.3. The lowest BCUT2D eigenvalue weighted by atomic mass is 9.78. The number of cyclic esters (lactones) is 1. The van der Waals surface area contributed by atoms with E-state index in [2.05, 4.69) is 73.0 Å². The highest BCUT2D eigenvalue weighted by Crippen LogP contribution is 2.37. The van der Waals surface area contributed by atoms with Crippen molar-refractivity contribution in [3.8, 4) is 0 Å². The smallest absolute Gasteiger partial charge is 0.311 e. The number of likely N-dealkylation sites (N-methyl/N-ethyl adjacent to an activating group) is 1. The van der Waals surface area contributed by atoms with Crippen LogP contribution in [0.1, 0.15) is 140 Å². The van der Waals surface area contributed by atoms with Crippen LogP contribution in [-0.2, 0) is 28.6 Å². The van der Waals surface area contributed by atoms with Crippen molar-refractivity contribution in [2.75, 3.05) is 20.6 Å². The SMILES string of the molecule is CC/C=C\C/C=C\C/C=C\C/C=C\C/C=C\C/C=C\CCC(=O)N[C@@H](C)C(=O)N1C[C@H](C)C[C@@](C)(O)[C@H](OC2O[C@H](C)C[C@H](N(C)C)[C@H]2O)[C@@H](C)[C@H](O)[C@@H](C)C(=O)O[C@H](CC)[C@@](C)(O)[C@H](O)[C@H]1C. The fraction of sp³-hybridized carbons (Fsp3) is 0.722. The largest absolute Gasteiger partial charge is 0.459 e. The summed E-state index contributed by atoms with van der Waals surface area (Å²) < 4.78 is 18.4. The summed E-state index contributed by atoms with van der Waals surface area (Å²) in [6.45, 7) is 16.6. The van der Waals surface area contributed by atoms with Crippen LogP contribution in [0.25, 0.3) is 0 Å². The van der Waals surface area contributed by atoms with E-state index in [1.165, 1.54) is 18.7 Å². The number of aliphatic hydroxyl groups is 5. The maximum absolute atomic E-state index is 14.4. The number of rotatable bonds is 20. The molecule has 2 fully saturated rings. The van der Waals surface area contributed by atoms with Crippen molar-refractivity contribution in [2.24, 2.45) is 17.8 Å². The quantitative estimate of drug-likeness (QED) is 0.0549. The van der Waals surface area contributed by atoms with E-state index < -0.39 is 89.7 Å². The zero-order valence-corrected chi connectivity index (χ0v) is 43.5. The Hall–Kier alpha value is -3.47. The molecule has 2 saturated heterocycles. The molecule has 0 bridgehead atoms. The summed E-state index contributed by atoms with van der Waals surface area (Å²) in [5.74, 6) is -4.29. The molecule has 6 N–H and O–H groups in total. The van der Waals surface area contributed by atoms with Gasteiger partial charge in [-0.2, -0.15) is 0 Å². The lowest BCUT2D eigenvalue weighted by Crippen LogP contribution is -2.62. The van der Waals surface area contributed by atoms with Gasteiger partial charge in [-0.15, -0.1) is 0 Å². The number of nitrogens with zero attached hydrogens (tertiary/aromatic N) is 2. The zero-order chi connectivity index (χ0) is 51.2. The standard InChI is InChI=1S/C54H91N3O11/c1-13-15-16-17-18-19-20-21-22-23-24-25-26-27-28-29-30-31-32-33-45(58)55-41(7)50(62)57-36-37(3)35-53(9,64)49(68-52-47(60)43(56(11)12)34-38(4)66-52)39(5)46(59)40(6)51(63)67-44(14-2)54(10,65)48(61)42(57)8/h15-16,18-19,21-22,24-25,27-28,30-31,37-44,46-49,52,59-61,64-65H,13-14,17,20,23,26,29,32-36H2,1-12H3,(H,55,58)/b16-15-,19-18-,22-21-,25-24-,28-27-,31-30-/t37-,38-,39+,40-,41+,42-,43+,44-,46+,47-,48-,49-,52?,53-,54-/m1/s1. The van der Waals surface area contributed by atoms with E-state index >= 15 is 0 Å². The van der Waals surface area contributed by atoms with Gasteiger partial charge in [0.25, 0.3) is 0 Å². The molecule has 0 saturated carbocycles. The van der Waals surface area contributed by atoms with Gasteiger partial charge in [0.15, 0.2) is 6.29 Å². The van der Waals surface area contributed by atoms with E-state index in [9.17, 15) is 39.9 Å². The first kappa shape index (κ1) is 60.7. The Bertz CT molecular complexity index is 1690. The van der Waals surface area contributed by atoms with Crippen molar-refractivity contribution in [1.82, 2.24) is 15.1 Å². The topological polar surface area (TPSA) is 199 Å². The minimum absolute atomic E-state index is 0.00367. The van der Waals surface area contributed by atoms with Gasteiger partial charge in [-0.05, 0) is 126 Å². The lowest BCUT2D eigenvalue weighted by molar-refractivity contribution is -0.299. The number of carbonyl (C=O) groups is 3. The fourth-order valence-electron chi connectivity index (χ4n) is 9.28. The van der Waals surface area contributed by atoms with Gasteiger partial charge in [0.05, 0.1) is 35.9 Å². The van der Waals surface area contributed by atoms with E-state index in [0.29, 0.717) is 12.8 Å². The minimum atomic E-state index is -2.06. The zero-order valence-electron chi connectivity index (χ0n) is 43.5. The Kier molecular flexibility index (Phi) is 27.0. The molecular formula is C54H91N3O11. The first-order valence-corrected chi connectivity index (χ1v) is 25.2. The summed E-state index contributed by atoms with van der Waals surface area (Å²) in [5, 5.41) is 62.1. The third kappa shape index (κ3) is 19.4. The molecule has 2 rings (SSSR count). The monoisotopic (exact) mass is 958 g/mol. The summed E-state index contributed by atoms with van der Waals surface area (Å²) in [6, 6.07) is -2.41. The summed E-state index contributed by atoms with van der Waals surface area (Å²) in [6.07, 6.45) is 24.0. The van der Waals surface area contributed by atoms with Gasteiger partial charge < -0.3 is 54.9 Å². The summed E-state index contributed by atoms with van der Waals surface area (Å²) >= 11 is 0. The van der Waals surface area contributed by atoms with Gasteiger partial charge >= 0.3 is 5.97 Å². The van der Waals surface area contributed by atoms with Crippen LogP contribution in [0.2, 0.25) is 0 Å². The average Bonchev–Trinajstić information content (AvgIpc) is 3.28. The Morgan fingerprint density at radius 2 is 1.35 bits per heavy atom. The number of amides is 2. The molecule has 14 nitrogen and oxygen atoms in total. The predicted octanol–water partition coefficient (Wildman–Crippen LogP) is 6.85. The molecule has 0 aromatic rings. The van der Waals surface area contributed by atoms with Crippen molar-refractivity contribution >= 4 is 17.8 Å². The van der Waals surface area contributed by atoms with Crippen molar-refractivity contribution in [3.63, 3.8) is 0 Å². The molecule has 2 amide bonds. The van der Waals surface area contributed by atoms with Crippen LogP contribution < -0.4 is 5.32 Å². The van der Waals surface area contributed by atoms with E-state index in [4.69, 9.17) is 14.2 Å². The van der Waals surface area contributed by atoms with E-state index in [1.807, 2.05) is 45.0 Å². The fourth-order valence-corrected chi connectivity index (χ4v) is 9.28. The molecule has 0 aromatic carbocycles. The van der Waals surface area contributed by atoms with Gasteiger partial charge in [0.1, 0.15) is 30.0 Å². The van der Waals surface area contributed by atoms with Gasteiger partial charge in [-0.1, -0.05) is 101 Å². The first-order chi connectivity index (χ1) is 32.0. The van der Waals surface area contributed by atoms with E-state index in [0.717, 1.165) is 38.5 Å². The molecule has 2 aliphatic heterocycles. The van der Waals surface area contributed by atoms with Crippen LogP contribution in [0.3, 0.4) is 0 Å². The van der Waals surface area contributed by atoms with E-state index in [-0.39, 0.29) is 43.9 Å². The lowest BCUT2D eigenvalue weighted by Gasteiger charge is -2.46. The number of nitrogens with one attached hydrogen (secondary N) is 1. The molecule has 14 heteroatoms. The Balaban J connectivity index is 2.21. The highest BCUT2D eigenvalue weighted by molar-refractivity contribution is 5.87. The molecule has 0 spiro atoms. The van der Waals surface area contributed by atoms with Crippen LogP contribution in [0.15, 0.2) is 72.9 Å². The Morgan fingerprint density at radius 3 is 1.85 bits per heavy atom. The number of carbonyl (C=O) groups excluding carboxylic acids is 3. The number of hydrogen-bond acceptors (Lipinski definition) is 12. The molecule has 68 heavy (non-hydrogen) atoms. The second kappa shape index (κ2) is 30.3. The first-order valence-electron chi connectivity index (χ1n) is 25.2. The van der Waals surface area contributed by atoms with Gasteiger partial charge in [0.2, 0.25) is 11.8 Å². The van der Waals surface area contributed by atoms with Gasteiger partial charge in [-0.25, -0.2) is 0 Å². The number of ether oxygens (including phenoxy) is 3. The molecule has 0 aliphatic carbocycles. The van der Waals surface area contributed by atoms with Crippen molar-refractivity contribution < 1.29 is 54.1 Å². The molecule has 2 aliphatic rings. The van der Waals surface area contributed by atoms with Gasteiger partial charge in [-0.3, -0.25) is 14.4 Å². The molecule has 0 aromatic heterocycles. The highest BCUT2D eigenvalue weighted by Gasteiger charge is 2.50. The summed E-state index contributed by atoms with van der Waals surface area (Å²) in [4.78, 5) is 44.5. The van der Waals surface area contributed by atoms with Crippen LogP contribution in [0.4, 0.5) is 0 Å². The highest BCUT2D eigenvalue weighted by atomic mass is 16.7. The molecule has 15 atom stereocenters. The van der Waals surface area contributed by atoms with Crippen LogP contribution in [-0.4, -0.2) is 146 Å². The number of aliphatic hydroxyl groups excluding tert-OH is 3. The number of allylic oxidation sites excluding steroid dienone is 12. The molecule has 388 valence electrons. The average molecular weight is 958 g/mol. The van der Waals surface area contributed by atoms with E-state index in [1.54, 1.807) is 34.6 Å². The molecule has 0 radical (unpaired) electrons. The third-order valence-corrected chi connectivity index (χ3v) is 13.3. The predicted molar refractivity (Wildman–Crippen MR) is 269 cm³/mol. The Morgan fingerprint density at radius 1 is 0.838 bits per heavy atom. The van der Waals surface area contributed by atoms with Crippen LogP contribution in [0.5, 0.6) is 0 Å². The van der Waals surface area contributed by atoms with Gasteiger partial charge in [0, 0.05) is 24.9 Å². The van der Waals surface area contributed by atoms with Crippen LogP contribution in [0, 0.1) is 17.8 Å². The maximum Gasteiger partial charge on any atom is 0.311 e. The minimum Gasteiger partial charge on any atom is -0.459 e. The van der Waals surface area contributed by atoms with Crippen molar-refractivity contribution in [2.45, 2.75) is 212 Å². The normalized spacial score (nSPS) is 34.7. The summed E-state index contributed by atoms with van der Waals surface area (Å²) in [5.41, 5.74) is -3.80. The second-order valence-electron chi connectivity index (χ2n) is 19.9. The molecule has 1 unspecified atom stereocenters. The van der Waals surface area contributed by atoms with Crippen molar-refractivity contribution in [1.29, 1.82) is 0 Å². The second-order valence-corrected chi connectivity index (χ2v) is 19.9. The number of esters is 1. The molecule has 2 heterocycles. The van der Waals surface area contributed by atoms with Crippen molar-refractivity contribution in [3.05, 3.63) is 72.9 Å². The van der Waals surface area contributed by atoms with Crippen LogP contribution >= 0.6 is 0 Å². The molecular weight excluding hydrogens is 867 g/mol. The Labute approximate surface area is 409 Å².